The summed E-state index contributed by atoms with van der Waals surface area (Å²) in [6, 6.07) is 0. The molecule has 0 aromatic carbocycles. The van der Waals surface area contributed by atoms with Gasteiger partial charge in [-0.25, -0.2) is 4.98 Å². The minimum absolute atomic E-state index is 0.379. The molecule has 1 heterocycles. The number of aromatic nitrogens is 1. The first-order valence-electron chi connectivity index (χ1n) is 6.35. The Balaban J connectivity index is 1.76. The minimum Gasteiger partial charge on any atom is -0.439 e. The zero-order valence-electron chi connectivity index (χ0n) is 9.29. The molecule has 1 aromatic heterocycles. The molecule has 4 bridgehead atoms. The Hall–Kier alpha value is -0.310. The molecule has 16 heavy (non-hydrogen) atoms. The first-order valence-corrected chi connectivity index (χ1v) is 7.14. The smallest absolute Gasteiger partial charge is 0.264 e. The summed E-state index contributed by atoms with van der Waals surface area (Å²) in [7, 11) is 0. The number of hydrogen-bond acceptors (Lipinski definition) is 2. The van der Waals surface area contributed by atoms with Gasteiger partial charge < -0.3 is 4.42 Å². The summed E-state index contributed by atoms with van der Waals surface area (Å²) in [6.45, 7) is 0. The van der Waals surface area contributed by atoms with Crippen molar-refractivity contribution in [3.63, 3.8) is 0 Å². The zero-order chi connectivity index (χ0) is 10.8. The number of hydrogen-bond donors (Lipinski definition) is 0. The van der Waals surface area contributed by atoms with Crippen LogP contribution in [0, 0.1) is 17.8 Å². The molecule has 0 unspecified atom stereocenters. The molecule has 0 atom stereocenters. The highest BCUT2D eigenvalue weighted by Gasteiger charge is 2.52. The van der Waals surface area contributed by atoms with Crippen LogP contribution in [-0.2, 0) is 5.41 Å². The Morgan fingerprint density at radius 1 is 1.12 bits per heavy atom. The second-order valence-corrected chi connectivity index (χ2v) is 6.86. The lowest BCUT2D eigenvalue weighted by Crippen LogP contribution is -2.48. The molecule has 0 spiro atoms. The maximum atomic E-state index is 5.36. The summed E-state index contributed by atoms with van der Waals surface area (Å²) in [5.74, 6) is 2.92. The van der Waals surface area contributed by atoms with Crippen molar-refractivity contribution in [2.45, 2.75) is 43.9 Å². The molecule has 0 N–H and O–H groups in total. The van der Waals surface area contributed by atoms with Crippen molar-refractivity contribution in [3.05, 3.63) is 16.8 Å². The SMILES string of the molecule is Brc1nc(C23CC4CC(CC(C4)C2)C3)co1. The van der Waals surface area contributed by atoms with Gasteiger partial charge in [0.1, 0.15) is 6.26 Å². The zero-order valence-corrected chi connectivity index (χ0v) is 10.9. The largest absolute Gasteiger partial charge is 0.439 e. The van der Waals surface area contributed by atoms with E-state index >= 15 is 0 Å². The van der Waals surface area contributed by atoms with Crippen LogP contribution in [0.4, 0.5) is 0 Å². The summed E-state index contributed by atoms with van der Waals surface area (Å²) >= 11 is 3.33. The third-order valence-corrected chi connectivity index (χ3v) is 5.42. The van der Waals surface area contributed by atoms with Crippen molar-refractivity contribution in [3.8, 4) is 0 Å². The van der Waals surface area contributed by atoms with Crippen LogP contribution in [0.1, 0.15) is 44.2 Å². The summed E-state index contributed by atoms with van der Waals surface area (Å²) in [5, 5.41) is 0. The van der Waals surface area contributed by atoms with Crippen molar-refractivity contribution >= 4 is 15.9 Å². The van der Waals surface area contributed by atoms with Gasteiger partial charge in [-0.2, -0.15) is 0 Å². The van der Waals surface area contributed by atoms with Crippen molar-refractivity contribution in [1.29, 1.82) is 0 Å². The molecule has 1 aromatic rings. The molecule has 86 valence electrons. The van der Waals surface area contributed by atoms with Crippen molar-refractivity contribution in [1.82, 2.24) is 4.98 Å². The summed E-state index contributed by atoms with van der Waals surface area (Å²) in [4.78, 5) is 5.20. The molecule has 0 saturated heterocycles. The quantitative estimate of drug-likeness (QED) is 0.780. The normalized spacial score (nSPS) is 45.2. The lowest BCUT2D eigenvalue weighted by atomic mass is 9.49. The predicted octanol–water partition coefficient (Wildman–Crippen LogP) is 3.90. The van der Waals surface area contributed by atoms with Crippen molar-refractivity contribution < 1.29 is 4.42 Å². The number of nitrogens with zero attached hydrogens (tertiary/aromatic N) is 1. The van der Waals surface area contributed by atoms with Gasteiger partial charge in [0.2, 0.25) is 0 Å². The van der Waals surface area contributed by atoms with Crippen LogP contribution in [0.15, 0.2) is 15.5 Å². The van der Waals surface area contributed by atoms with Crippen LogP contribution in [0.2, 0.25) is 0 Å². The molecule has 5 rings (SSSR count). The minimum atomic E-state index is 0.379. The second-order valence-electron chi connectivity index (χ2n) is 6.18. The second kappa shape index (κ2) is 3.12. The van der Waals surface area contributed by atoms with Crippen molar-refractivity contribution in [2.24, 2.45) is 17.8 Å². The number of halogens is 1. The average Bonchev–Trinajstić information content (AvgIpc) is 2.63. The Morgan fingerprint density at radius 2 is 1.69 bits per heavy atom. The Kier molecular flexibility index (Phi) is 1.89. The van der Waals surface area contributed by atoms with E-state index < -0.39 is 0 Å². The average molecular weight is 282 g/mol. The van der Waals surface area contributed by atoms with Crippen LogP contribution in [-0.4, -0.2) is 4.98 Å². The fourth-order valence-corrected chi connectivity index (χ4v) is 5.20. The van der Waals surface area contributed by atoms with Gasteiger partial charge in [-0.05, 0) is 56.3 Å². The first kappa shape index (κ1) is 9.69. The first-order chi connectivity index (χ1) is 7.73. The van der Waals surface area contributed by atoms with E-state index in [1.165, 1.54) is 44.2 Å². The predicted molar refractivity (Wildman–Crippen MR) is 64.1 cm³/mol. The molecule has 0 amide bonds. The van der Waals surface area contributed by atoms with E-state index in [0.29, 0.717) is 10.2 Å². The highest BCUT2D eigenvalue weighted by Crippen LogP contribution is 2.60. The fraction of sp³-hybridized carbons (Fsp3) is 0.769. The lowest BCUT2D eigenvalue weighted by Gasteiger charge is -2.56. The van der Waals surface area contributed by atoms with E-state index in [-0.39, 0.29) is 0 Å². The Bertz CT molecular complexity index is 390. The molecular formula is C13H16BrNO. The van der Waals surface area contributed by atoms with Gasteiger partial charge in [0.25, 0.3) is 4.80 Å². The van der Waals surface area contributed by atoms with E-state index in [9.17, 15) is 0 Å². The molecule has 0 aliphatic heterocycles. The summed E-state index contributed by atoms with van der Waals surface area (Å²) in [6.07, 6.45) is 10.4. The molecule has 4 fully saturated rings. The van der Waals surface area contributed by atoms with Gasteiger partial charge in [-0.1, -0.05) is 0 Å². The lowest BCUT2D eigenvalue weighted by molar-refractivity contribution is -0.00724. The van der Waals surface area contributed by atoms with Gasteiger partial charge in [-0.15, -0.1) is 0 Å². The molecule has 4 saturated carbocycles. The van der Waals surface area contributed by atoms with Crippen LogP contribution >= 0.6 is 15.9 Å². The monoisotopic (exact) mass is 281 g/mol. The summed E-state index contributed by atoms with van der Waals surface area (Å²) in [5.41, 5.74) is 1.60. The van der Waals surface area contributed by atoms with E-state index in [4.69, 9.17) is 4.42 Å². The van der Waals surface area contributed by atoms with E-state index in [2.05, 4.69) is 20.9 Å². The van der Waals surface area contributed by atoms with Gasteiger partial charge in [0.05, 0.1) is 5.69 Å². The van der Waals surface area contributed by atoms with Crippen LogP contribution in [0.5, 0.6) is 0 Å². The Labute approximate surface area is 104 Å². The third-order valence-electron chi connectivity index (χ3n) is 5.06. The number of rotatable bonds is 1. The maximum Gasteiger partial charge on any atom is 0.264 e. The van der Waals surface area contributed by atoms with Gasteiger partial charge in [0.15, 0.2) is 0 Å². The van der Waals surface area contributed by atoms with E-state index in [0.717, 1.165) is 17.8 Å². The fourth-order valence-electron chi connectivity index (χ4n) is 4.92. The molecular weight excluding hydrogens is 266 g/mol. The van der Waals surface area contributed by atoms with Crippen LogP contribution < -0.4 is 0 Å². The van der Waals surface area contributed by atoms with Gasteiger partial charge in [-0.3, -0.25) is 0 Å². The molecule has 4 aliphatic carbocycles. The number of oxazole rings is 1. The standard InChI is InChI=1S/C13H16BrNO/c14-12-15-11(7-16-12)13-4-8-1-9(5-13)3-10(2-8)6-13/h7-10H,1-6H2. The summed E-state index contributed by atoms with van der Waals surface area (Å²) < 4.78 is 5.36. The topological polar surface area (TPSA) is 26.0 Å². The van der Waals surface area contributed by atoms with Gasteiger partial charge in [0, 0.05) is 21.3 Å². The van der Waals surface area contributed by atoms with Crippen LogP contribution in [0.3, 0.4) is 0 Å². The molecule has 3 heteroatoms. The highest BCUT2D eigenvalue weighted by molar-refractivity contribution is 9.10. The highest BCUT2D eigenvalue weighted by atomic mass is 79.9. The maximum absolute atomic E-state index is 5.36. The molecule has 2 nitrogen and oxygen atoms in total. The van der Waals surface area contributed by atoms with Gasteiger partial charge >= 0.3 is 0 Å². The Morgan fingerprint density at radius 3 is 2.12 bits per heavy atom. The van der Waals surface area contributed by atoms with E-state index in [1.54, 1.807) is 0 Å². The molecule has 4 aliphatic rings. The van der Waals surface area contributed by atoms with Crippen molar-refractivity contribution in [2.75, 3.05) is 0 Å². The third kappa shape index (κ3) is 1.27. The molecule has 0 radical (unpaired) electrons. The van der Waals surface area contributed by atoms with E-state index in [1.807, 2.05) is 6.26 Å². The van der Waals surface area contributed by atoms with Crippen LogP contribution in [0.25, 0.3) is 0 Å².